The lowest BCUT2D eigenvalue weighted by atomic mass is 10.0. The Morgan fingerprint density at radius 3 is 2.89 bits per heavy atom. The lowest BCUT2D eigenvalue weighted by Crippen LogP contribution is -2.41. The SMILES string of the molecule is N=C(N)c1ccc(N2CCCCC2CO)cc1Br. The highest BCUT2D eigenvalue weighted by atomic mass is 79.9. The second-order valence-corrected chi connectivity index (χ2v) is 5.46. The average molecular weight is 312 g/mol. The van der Waals surface area contributed by atoms with Gasteiger partial charge in [-0.1, -0.05) is 0 Å². The summed E-state index contributed by atoms with van der Waals surface area (Å²) in [5, 5.41) is 16.9. The van der Waals surface area contributed by atoms with E-state index in [1.807, 2.05) is 18.2 Å². The summed E-state index contributed by atoms with van der Waals surface area (Å²) in [6.45, 7) is 1.16. The van der Waals surface area contributed by atoms with Crippen molar-refractivity contribution in [1.29, 1.82) is 5.41 Å². The molecule has 0 bridgehead atoms. The zero-order valence-electron chi connectivity index (χ0n) is 10.2. The Kier molecular flexibility index (Phi) is 4.24. The topological polar surface area (TPSA) is 73.3 Å². The number of nitrogen functional groups attached to an aromatic ring is 1. The molecule has 4 nitrogen and oxygen atoms in total. The predicted octanol–water partition coefficient (Wildman–Crippen LogP) is 2.08. The van der Waals surface area contributed by atoms with E-state index in [9.17, 15) is 5.11 Å². The van der Waals surface area contributed by atoms with Crippen LogP contribution in [0.25, 0.3) is 0 Å². The van der Waals surface area contributed by atoms with E-state index in [2.05, 4.69) is 20.8 Å². The number of nitrogens with two attached hydrogens (primary N) is 1. The molecule has 0 aromatic heterocycles. The molecule has 0 saturated carbocycles. The molecule has 1 fully saturated rings. The van der Waals surface area contributed by atoms with Gasteiger partial charge in [0, 0.05) is 22.3 Å². The molecule has 1 heterocycles. The van der Waals surface area contributed by atoms with E-state index >= 15 is 0 Å². The molecule has 1 aromatic carbocycles. The van der Waals surface area contributed by atoms with Crippen LogP contribution >= 0.6 is 15.9 Å². The molecular formula is C13H18BrN3O. The lowest BCUT2D eigenvalue weighted by Gasteiger charge is -2.36. The average Bonchev–Trinajstić information content (AvgIpc) is 2.38. The Hall–Kier alpha value is -1.07. The molecule has 5 heteroatoms. The largest absolute Gasteiger partial charge is 0.394 e. The van der Waals surface area contributed by atoms with Gasteiger partial charge in [0.2, 0.25) is 0 Å². The number of rotatable bonds is 3. The number of anilines is 1. The minimum absolute atomic E-state index is 0.0609. The second-order valence-electron chi connectivity index (χ2n) is 4.60. The van der Waals surface area contributed by atoms with Crippen LogP contribution in [0.2, 0.25) is 0 Å². The molecule has 1 aliphatic rings. The van der Waals surface area contributed by atoms with E-state index in [1.54, 1.807) is 0 Å². The van der Waals surface area contributed by atoms with Crippen LogP contribution in [0.1, 0.15) is 24.8 Å². The van der Waals surface area contributed by atoms with Gasteiger partial charge in [0.05, 0.1) is 12.6 Å². The Bertz CT molecular complexity index is 450. The van der Waals surface area contributed by atoms with E-state index in [-0.39, 0.29) is 18.5 Å². The molecule has 0 aliphatic carbocycles. The second kappa shape index (κ2) is 5.71. The van der Waals surface area contributed by atoms with E-state index in [1.165, 1.54) is 6.42 Å². The van der Waals surface area contributed by atoms with Crippen molar-refractivity contribution in [3.05, 3.63) is 28.2 Å². The van der Waals surface area contributed by atoms with Crippen LogP contribution in [0.3, 0.4) is 0 Å². The number of benzene rings is 1. The number of aliphatic hydroxyl groups is 1. The Morgan fingerprint density at radius 1 is 1.50 bits per heavy atom. The number of hydrogen-bond acceptors (Lipinski definition) is 3. The van der Waals surface area contributed by atoms with Crippen LogP contribution < -0.4 is 10.6 Å². The van der Waals surface area contributed by atoms with E-state index in [0.29, 0.717) is 5.56 Å². The Morgan fingerprint density at radius 2 is 2.28 bits per heavy atom. The van der Waals surface area contributed by atoms with Crippen molar-refractivity contribution in [2.75, 3.05) is 18.1 Å². The van der Waals surface area contributed by atoms with E-state index in [0.717, 1.165) is 29.5 Å². The molecule has 1 aliphatic heterocycles. The van der Waals surface area contributed by atoms with Crippen molar-refractivity contribution < 1.29 is 5.11 Å². The third-order valence-corrected chi connectivity index (χ3v) is 4.07. The minimum atomic E-state index is 0.0609. The number of nitrogens with zero attached hydrogens (tertiary/aromatic N) is 1. The molecular weight excluding hydrogens is 294 g/mol. The molecule has 2 rings (SSSR count). The van der Waals surface area contributed by atoms with Gasteiger partial charge < -0.3 is 15.7 Å². The normalized spacial score (nSPS) is 19.9. The highest BCUT2D eigenvalue weighted by molar-refractivity contribution is 9.10. The number of nitrogens with one attached hydrogen (secondary N) is 1. The first kappa shape index (κ1) is 13.4. The number of hydrogen-bond donors (Lipinski definition) is 3. The molecule has 0 amide bonds. The van der Waals surface area contributed by atoms with Gasteiger partial charge in [0.1, 0.15) is 5.84 Å². The van der Waals surface area contributed by atoms with Gasteiger partial charge in [-0.25, -0.2) is 0 Å². The van der Waals surface area contributed by atoms with E-state index < -0.39 is 0 Å². The molecule has 4 N–H and O–H groups in total. The molecule has 18 heavy (non-hydrogen) atoms. The maximum Gasteiger partial charge on any atom is 0.123 e. The van der Waals surface area contributed by atoms with Gasteiger partial charge in [0.25, 0.3) is 0 Å². The van der Waals surface area contributed by atoms with Gasteiger partial charge in [-0.05, 0) is 53.4 Å². The quantitative estimate of drug-likeness (QED) is 0.591. The molecule has 1 unspecified atom stereocenters. The van der Waals surface area contributed by atoms with Gasteiger partial charge >= 0.3 is 0 Å². The first-order valence-corrected chi connectivity index (χ1v) is 6.94. The summed E-state index contributed by atoms with van der Waals surface area (Å²) < 4.78 is 0.828. The number of piperidine rings is 1. The summed E-state index contributed by atoms with van der Waals surface area (Å²) in [7, 11) is 0. The summed E-state index contributed by atoms with van der Waals surface area (Å²) in [6.07, 6.45) is 3.36. The van der Waals surface area contributed by atoms with Gasteiger partial charge in [-0.15, -0.1) is 0 Å². The van der Waals surface area contributed by atoms with Crippen LogP contribution in [-0.4, -0.2) is 30.1 Å². The maximum absolute atomic E-state index is 9.43. The molecule has 98 valence electrons. The zero-order chi connectivity index (χ0) is 13.1. The van der Waals surface area contributed by atoms with Crippen LogP contribution in [0, 0.1) is 5.41 Å². The summed E-state index contributed by atoms with van der Waals surface area (Å²) in [6, 6.07) is 6.00. The molecule has 1 atom stereocenters. The molecule has 0 spiro atoms. The minimum Gasteiger partial charge on any atom is -0.394 e. The van der Waals surface area contributed by atoms with Crippen molar-refractivity contribution in [1.82, 2.24) is 0 Å². The van der Waals surface area contributed by atoms with Crippen molar-refractivity contribution >= 4 is 27.5 Å². The molecule has 0 radical (unpaired) electrons. The highest BCUT2D eigenvalue weighted by Gasteiger charge is 2.22. The first-order valence-electron chi connectivity index (χ1n) is 6.15. The monoisotopic (exact) mass is 311 g/mol. The van der Waals surface area contributed by atoms with Crippen LogP contribution in [0.15, 0.2) is 22.7 Å². The summed E-state index contributed by atoms with van der Waals surface area (Å²) in [5.41, 5.74) is 7.28. The van der Waals surface area contributed by atoms with Crippen LogP contribution in [-0.2, 0) is 0 Å². The van der Waals surface area contributed by atoms with Gasteiger partial charge in [-0.2, -0.15) is 0 Å². The van der Waals surface area contributed by atoms with Crippen LogP contribution in [0.5, 0.6) is 0 Å². The Labute approximate surface area is 115 Å². The van der Waals surface area contributed by atoms with Crippen LogP contribution in [0.4, 0.5) is 5.69 Å². The van der Waals surface area contributed by atoms with Crippen molar-refractivity contribution in [2.45, 2.75) is 25.3 Å². The third-order valence-electron chi connectivity index (χ3n) is 3.41. The van der Waals surface area contributed by atoms with Crippen molar-refractivity contribution in [3.63, 3.8) is 0 Å². The highest BCUT2D eigenvalue weighted by Crippen LogP contribution is 2.28. The van der Waals surface area contributed by atoms with Gasteiger partial charge in [-0.3, -0.25) is 5.41 Å². The predicted molar refractivity (Wildman–Crippen MR) is 77.2 cm³/mol. The fourth-order valence-corrected chi connectivity index (χ4v) is 3.01. The maximum atomic E-state index is 9.43. The van der Waals surface area contributed by atoms with Crippen molar-refractivity contribution in [3.8, 4) is 0 Å². The summed E-state index contributed by atoms with van der Waals surface area (Å²) in [4.78, 5) is 2.23. The summed E-state index contributed by atoms with van der Waals surface area (Å²) in [5.74, 6) is 0.0609. The number of halogens is 1. The standard InChI is InChI=1S/C13H18BrN3O/c14-12-7-9(4-5-11(12)13(15)16)17-6-2-1-3-10(17)8-18/h4-5,7,10,18H,1-3,6,8H2,(H3,15,16). The smallest absolute Gasteiger partial charge is 0.123 e. The third kappa shape index (κ3) is 2.67. The number of aliphatic hydroxyl groups excluding tert-OH is 1. The first-order chi connectivity index (χ1) is 8.63. The van der Waals surface area contributed by atoms with E-state index in [4.69, 9.17) is 11.1 Å². The fourth-order valence-electron chi connectivity index (χ4n) is 2.43. The fraction of sp³-hybridized carbons (Fsp3) is 0.462. The summed E-state index contributed by atoms with van der Waals surface area (Å²) >= 11 is 3.45. The van der Waals surface area contributed by atoms with Gasteiger partial charge in [0.15, 0.2) is 0 Å². The number of amidine groups is 1. The molecule has 1 aromatic rings. The zero-order valence-corrected chi connectivity index (χ0v) is 11.8. The van der Waals surface area contributed by atoms with Crippen molar-refractivity contribution in [2.24, 2.45) is 5.73 Å². The molecule has 1 saturated heterocycles. The lowest BCUT2D eigenvalue weighted by molar-refractivity contribution is 0.240. The Balaban J connectivity index is 2.27.